The number of anilines is 1. The van der Waals surface area contributed by atoms with Gasteiger partial charge in [0, 0.05) is 26.3 Å². The third-order valence-electron chi connectivity index (χ3n) is 3.11. The number of carboxylic acids is 1. The molecule has 0 aliphatic carbocycles. The van der Waals surface area contributed by atoms with Crippen LogP contribution in [0.25, 0.3) is 0 Å². The van der Waals surface area contributed by atoms with Crippen LogP contribution in [-0.4, -0.2) is 59.0 Å². The van der Waals surface area contributed by atoms with E-state index in [9.17, 15) is 13.2 Å². The monoisotopic (exact) mass is 360 g/mol. The van der Waals surface area contributed by atoms with Gasteiger partial charge in [-0.2, -0.15) is 0 Å². The molecule has 8 nitrogen and oxygen atoms in total. The maximum Gasteiger partial charge on any atom is 0.335 e. The Morgan fingerprint density at radius 3 is 2.29 bits per heavy atom. The van der Waals surface area contributed by atoms with Crippen molar-refractivity contribution in [3.05, 3.63) is 23.8 Å². The van der Waals surface area contributed by atoms with E-state index in [-0.39, 0.29) is 23.1 Å². The summed E-state index contributed by atoms with van der Waals surface area (Å²) in [4.78, 5) is 11.0. The number of hydrogen-bond donors (Lipinski definition) is 3. The number of carboxylic acid groups (broad SMARTS) is 1. The Hall–Kier alpha value is -1.68. The van der Waals surface area contributed by atoms with Crippen LogP contribution >= 0.6 is 0 Å². The van der Waals surface area contributed by atoms with E-state index in [1.54, 1.807) is 6.92 Å². The lowest BCUT2D eigenvalue weighted by Gasteiger charge is -2.20. The van der Waals surface area contributed by atoms with Gasteiger partial charge in [-0.05, 0) is 32.0 Å². The number of nitrogens with one attached hydrogen (secondary N) is 2. The second-order valence-electron chi connectivity index (χ2n) is 5.49. The molecule has 1 rings (SSSR count). The summed E-state index contributed by atoms with van der Waals surface area (Å²) in [5.41, 5.74) is 0.196. The second kappa shape index (κ2) is 8.97. The van der Waals surface area contributed by atoms with Gasteiger partial charge in [-0.3, -0.25) is 0 Å². The maximum atomic E-state index is 12.6. The molecule has 0 bridgehead atoms. The topological polar surface area (TPSA) is 114 Å². The van der Waals surface area contributed by atoms with E-state index >= 15 is 0 Å². The number of rotatable bonds is 10. The number of carbonyl (C=O) groups is 1. The number of benzene rings is 1. The van der Waals surface area contributed by atoms with Crippen LogP contribution in [0, 0.1) is 0 Å². The molecular formula is C15H24N2O6S. The molecule has 136 valence electrons. The first-order valence-corrected chi connectivity index (χ1v) is 8.83. The van der Waals surface area contributed by atoms with Crippen LogP contribution in [0.1, 0.15) is 24.2 Å². The fourth-order valence-electron chi connectivity index (χ4n) is 2.17. The maximum absolute atomic E-state index is 12.6. The highest BCUT2D eigenvalue weighted by Gasteiger charge is 2.23. The summed E-state index contributed by atoms with van der Waals surface area (Å²) in [6, 6.07) is 3.30. The van der Waals surface area contributed by atoms with Gasteiger partial charge in [0.2, 0.25) is 10.0 Å². The van der Waals surface area contributed by atoms with Gasteiger partial charge in [0.25, 0.3) is 0 Å². The van der Waals surface area contributed by atoms with Crippen LogP contribution in [0.3, 0.4) is 0 Å². The smallest absolute Gasteiger partial charge is 0.335 e. The minimum atomic E-state index is -3.93. The van der Waals surface area contributed by atoms with E-state index in [2.05, 4.69) is 10.0 Å². The molecule has 0 aliphatic rings. The summed E-state index contributed by atoms with van der Waals surface area (Å²) in [5.74, 6) is -1.20. The zero-order chi connectivity index (χ0) is 18.3. The summed E-state index contributed by atoms with van der Waals surface area (Å²) in [6.45, 7) is 4.04. The molecule has 0 fully saturated rings. The van der Waals surface area contributed by atoms with Crippen LogP contribution in [0.4, 0.5) is 5.69 Å². The minimum absolute atomic E-state index is 0.111. The Labute approximate surface area is 142 Å². The van der Waals surface area contributed by atoms with E-state index in [0.29, 0.717) is 12.3 Å². The highest BCUT2D eigenvalue weighted by atomic mass is 32.2. The second-order valence-corrected chi connectivity index (χ2v) is 7.18. The van der Waals surface area contributed by atoms with E-state index in [1.807, 2.05) is 6.92 Å². The fourth-order valence-corrected chi connectivity index (χ4v) is 3.59. The lowest BCUT2D eigenvalue weighted by Crippen LogP contribution is -2.36. The molecule has 0 heterocycles. The van der Waals surface area contributed by atoms with E-state index in [4.69, 9.17) is 14.6 Å². The third kappa shape index (κ3) is 5.75. The summed E-state index contributed by atoms with van der Waals surface area (Å²) >= 11 is 0. The Balaban J connectivity index is 3.24. The van der Waals surface area contributed by atoms with Crippen LogP contribution in [0.2, 0.25) is 0 Å². The molecule has 0 spiro atoms. The molecule has 2 atom stereocenters. The molecule has 24 heavy (non-hydrogen) atoms. The summed E-state index contributed by atoms with van der Waals surface area (Å²) in [6.07, 6.45) is 0. The number of methoxy groups -OCH3 is 2. The summed E-state index contributed by atoms with van der Waals surface area (Å²) < 4.78 is 37.7. The molecule has 1 aromatic rings. The first kappa shape index (κ1) is 20.4. The number of ether oxygens (including phenoxy) is 2. The van der Waals surface area contributed by atoms with Gasteiger partial charge >= 0.3 is 5.97 Å². The van der Waals surface area contributed by atoms with Crippen molar-refractivity contribution in [2.24, 2.45) is 0 Å². The van der Waals surface area contributed by atoms with Gasteiger partial charge in [-0.1, -0.05) is 0 Å². The number of aromatic carboxylic acids is 1. The lowest BCUT2D eigenvalue weighted by molar-refractivity contribution is 0.0696. The van der Waals surface area contributed by atoms with Crippen molar-refractivity contribution in [1.82, 2.24) is 4.72 Å². The molecule has 3 N–H and O–H groups in total. The predicted octanol–water partition coefficient (Wildman–Crippen LogP) is 1.14. The van der Waals surface area contributed by atoms with Crippen molar-refractivity contribution in [2.75, 3.05) is 32.8 Å². The molecule has 1 aromatic carbocycles. The van der Waals surface area contributed by atoms with Crippen LogP contribution in [0.5, 0.6) is 0 Å². The fraction of sp³-hybridized carbons (Fsp3) is 0.533. The van der Waals surface area contributed by atoms with Crippen LogP contribution in [-0.2, 0) is 19.5 Å². The molecule has 0 saturated heterocycles. The van der Waals surface area contributed by atoms with Gasteiger partial charge in [0.05, 0.1) is 24.5 Å². The van der Waals surface area contributed by atoms with E-state index < -0.39 is 22.0 Å². The zero-order valence-corrected chi connectivity index (χ0v) is 15.0. The average molecular weight is 360 g/mol. The largest absolute Gasteiger partial charge is 0.478 e. The van der Waals surface area contributed by atoms with Crippen molar-refractivity contribution in [2.45, 2.75) is 30.8 Å². The van der Waals surface area contributed by atoms with E-state index in [1.165, 1.54) is 26.4 Å². The SMILES string of the molecule is COCC(C)Nc1ccc(C(=O)O)cc1S(=O)(=O)NC(C)COC. The molecule has 0 aromatic heterocycles. The molecule has 9 heteroatoms. The molecule has 2 unspecified atom stereocenters. The summed E-state index contributed by atoms with van der Waals surface area (Å²) in [7, 11) is -0.919. The first-order chi connectivity index (χ1) is 11.2. The van der Waals surface area contributed by atoms with Gasteiger partial charge in [-0.15, -0.1) is 0 Å². The molecule has 0 aliphatic heterocycles. The van der Waals surface area contributed by atoms with Crippen LogP contribution in [0.15, 0.2) is 23.1 Å². The normalized spacial score (nSPS) is 14.2. The van der Waals surface area contributed by atoms with Crippen molar-refractivity contribution in [1.29, 1.82) is 0 Å². The number of hydrogen-bond acceptors (Lipinski definition) is 6. The minimum Gasteiger partial charge on any atom is -0.478 e. The van der Waals surface area contributed by atoms with Gasteiger partial charge < -0.3 is 19.9 Å². The van der Waals surface area contributed by atoms with Gasteiger partial charge in [-0.25, -0.2) is 17.9 Å². The first-order valence-electron chi connectivity index (χ1n) is 7.35. The highest BCUT2D eigenvalue weighted by molar-refractivity contribution is 7.89. The Kier molecular flexibility index (Phi) is 7.61. The Bertz CT molecular complexity index is 662. The van der Waals surface area contributed by atoms with Gasteiger partial charge in [0.15, 0.2) is 0 Å². The zero-order valence-electron chi connectivity index (χ0n) is 14.2. The molecule has 0 saturated carbocycles. The third-order valence-corrected chi connectivity index (χ3v) is 4.74. The van der Waals surface area contributed by atoms with E-state index in [0.717, 1.165) is 6.07 Å². The average Bonchev–Trinajstić information content (AvgIpc) is 2.47. The quantitative estimate of drug-likeness (QED) is 0.573. The van der Waals surface area contributed by atoms with Crippen molar-refractivity contribution >= 4 is 21.7 Å². The summed E-state index contributed by atoms with van der Waals surface area (Å²) in [5, 5.41) is 12.1. The molecule has 0 amide bonds. The molecular weight excluding hydrogens is 336 g/mol. The van der Waals surface area contributed by atoms with Crippen molar-refractivity contribution in [3.63, 3.8) is 0 Å². The van der Waals surface area contributed by atoms with Crippen molar-refractivity contribution in [3.8, 4) is 0 Å². The van der Waals surface area contributed by atoms with Crippen LogP contribution < -0.4 is 10.0 Å². The molecule has 0 radical (unpaired) electrons. The number of sulfonamides is 1. The Morgan fingerprint density at radius 1 is 1.17 bits per heavy atom. The Morgan fingerprint density at radius 2 is 1.75 bits per heavy atom. The van der Waals surface area contributed by atoms with Crippen molar-refractivity contribution < 1.29 is 27.8 Å². The standard InChI is InChI=1S/C15H24N2O6S/c1-10(8-22-3)16-13-6-5-12(15(18)19)7-14(13)24(20,21)17-11(2)9-23-4/h5-7,10-11,16-17H,8-9H2,1-4H3,(H,18,19). The lowest BCUT2D eigenvalue weighted by atomic mass is 10.2. The highest BCUT2D eigenvalue weighted by Crippen LogP contribution is 2.24. The van der Waals surface area contributed by atoms with Gasteiger partial charge in [0.1, 0.15) is 4.90 Å². The predicted molar refractivity (Wildman–Crippen MR) is 90.0 cm³/mol.